The molecule has 8 heteroatoms. The summed E-state index contributed by atoms with van der Waals surface area (Å²) < 4.78 is 41.1. The molecule has 0 saturated carbocycles. The molecule has 1 aromatic rings. The van der Waals surface area contributed by atoms with Crippen LogP contribution in [-0.2, 0) is 0 Å². The van der Waals surface area contributed by atoms with E-state index in [-0.39, 0.29) is 17.6 Å². The monoisotopic (exact) mass is 252 g/mol. The first kappa shape index (κ1) is 13.3. The van der Waals surface area contributed by atoms with E-state index in [0.717, 1.165) is 10.7 Å². The lowest BCUT2D eigenvalue weighted by atomic mass is 10.3. The molecule has 0 aliphatic heterocycles. The van der Waals surface area contributed by atoms with E-state index in [1.165, 1.54) is 0 Å². The highest BCUT2D eigenvalue weighted by atomic mass is 19.4. The van der Waals surface area contributed by atoms with E-state index in [9.17, 15) is 18.0 Å². The summed E-state index contributed by atoms with van der Waals surface area (Å²) in [7, 11) is 0. The summed E-state index contributed by atoms with van der Waals surface area (Å²) >= 11 is 0. The van der Waals surface area contributed by atoms with Gasteiger partial charge in [-0.25, -0.2) is 4.79 Å². The molecule has 0 bridgehead atoms. The Morgan fingerprint density at radius 3 is 2.53 bits per heavy atom. The van der Waals surface area contributed by atoms with Crippen LogP contribution in [0.25, 0.3) is 0 Å². The predicted octanol–water partition coefficient (Wildman–Crippen LogP) is 2.10. The van der Waals surface area contributed by atoms with Gasteiger partial charge in [0.05, 0.1) is 0 Å². The lowest BCUT2D eigenvalue weighted by molar-refractivity contribution is -0.154. The topological polar surface area (TPSA) is 64.4 Å². The molecule has 96 valence electrons. The molecule has 0 unspecified atom stereocenters. The molecule has 5 nitrogen and oxygen atoms in total. The number of carbonyl (C=O) groups is 1. The first-order valence-electron chi connectivity index (χ1n) is 4.73. The number of aromatic nitrogens is 2. The van der Waals surface area contributed by atoms with Crippen molar-refractivity contribution >= 4 is 5.97 Å². The highest BCUT2D eigenvalue weighted by Crippen LogP contribution is 2.20. The number of carboxylic acid groups (broad SMARTS) is 1. The van der Waals surface area contributed by atoms with Crippen LogP contribution in [0.5, 0.6) is 5.88 Å². The molecule has 0 saturated heterocycles. The van der Waals surface area contributed by atoms with Gasteiger partial charge in [0.1, 0.15) is 0 Å². The number of nitrogens with zero attached hydrogens (tertiary/aromatic N) is 2. The summed E-state index contributed by atoms with van der Waals surface area (Å²) in [4.78, 5) is 10.8. The zero-order valence-electron chi connectivity index (χ0n) is 9.15. The molecule has 0 aliphatic carbocycles. The molecular formula is C9H11F3N2O3. The van der Waals surface area contributed by atoms with Crippen LogP contribution in [0.1, 0.15) is 30.4 Å². The minimum absolute atomic E-state index is 0.211. The average molecular weight is 252 g/mol. The number of ether oxygens (including phenoxy) is 1. The van der Waals surface area contributed by atoms with Gasteiger partial charge in [0.2, 0.25) is 5.88 Å². The molecule has 17 heavy (non-hydrogen) atoms. The maximum atomic E-state index is 11.9. The number of hydrogen-bond donors (Lipinski definition) is 1. The van der Waals surface area contributed by atoms with Gasteiger partial charge >= 0.3 is 12.1 Å². The van der Waals surface area contributed by atoms with Gasteiger partial charge in [-0.15, -0.1) is 5.10 Å². The number of hydrogen-bond acceptors (Lipinski definition) is 3. The van der Waals surface area contributed by atoms with Crippen molar-refractivity contribution in [1.82, 2.24) is 9.78 Å². The molecule has 0 amide bonds. The molecule has 1 heterocycles. The van der Waals surface area contributed by atoms with Crippen LogP contribution in [0.4, 0.5) is 13.2 Å². The lowest BCUT2D eigenvalue weighted by Gasteiger charge is -2.07. The fourth-order valence-electron chi connectivity index (χ4n) is 1.15. The van der Waals surface area contributed by atoms with E-state index >= 15 is 0 Å². The van der Waals surface area contributed by atoms with Gasteiger partial charge < -0.3 is 9.84 Å². The highest BCUT2D eigenvalue weighted by Gasteiger charge is 2.29. The van der Waals surface area contributed by atoms with Crippen molar-refractivity contribution in [3.63, 3.8) is 0 Å². The molecule has 1 N–H and O–H groups in total. The van der Waals surface area contributed by atoms with E-state index in [4.69, 9.17) is 5.11 Å². The van der Waals surface area contributed by atoms with Gasteiger partial charge in [-0.05, 0) is 13.8 Å². The van der Waals surface area contributed by atoms with E-state index in [2.05, 4.69) is 9.84 Å². The first-order chi connectivity index (χ1) is 7.70. The third-order valence-corrected chi connectivity index (χ3v) is 1.81. The molecule has 0 aromatic carbocycles. The predicted molar refractivity (Wildman–Crippen MR) is 51.1 cm³/mol. The van der Waals surface area contributed by atoms with Crippen LogP contribution in [0.3, 0.4) is 0 Å². The largest absolute Gasteiger partial charge is 0.477 e. The maximum Gasteiger partial charge on any atom is 0.422 e. The number of carboxylic acids is 1. The second-order valence-electron chi connectivity index (χ2n) is 3.62. The minimum Gasteiger partial charge on any atom is -0.477 e. The number of alkyl halides is 3. The van der Waals surface area contributed by atoms with Crippen molar-refractivity contribution in [3.05, 3.63) is 11.8 Å². The molecule has 0 aliphatic rings. The van der Waals surface area contributed by atoms with Gasteiger partial charge in [-0.3, -0.25) is 4.68 Å². The van der Waals surface area contributed by atoms with Crippen molar-refractivity contribution in [2.75, 3.05) is 6.61 Å². The molecular weight excluding hydrogens is 241 g/mol. The summed E-state index contributed by atoms with van der Waals surface area (Å²) in [5.74, 6) is -1.62. The molecule has 0 radical (unpaired) electrons. The van der Waals surface area contributed by atoms with Crippen LogP contribution in [-0.4, -0.2) is 33.6 Å². The number of halogens is 3. The summed E-state index contributed by atoms with van der Waals surface area (Å²) in [5, 5.41) is 12.5. The van der Waals surface area contributed by atoms with Gasteiger partial charge in [0.25, 0.3) is 0 Å². The molecule has 0 spiro atoms. The van der Waals surface area contributed by atoms with E-state index < -0.39 is 18.8 Å². The lowest BCUT2D eigenvalue weighted by Crippen LogP contribution is -2.19. The second kappa shape index (κ2) is 4.64. The summed E-state index contributed by atoms with van der Waals surface area (Å²) in [6, 6.07) is 0.679. The number of rotatable bonds is 4. The van der Waals surface area contributed by atoms with Crippen LogP contribution < -0.4 is 4.74 Å². The van der Waals surface area contributed by atoms with E-state index in [1.54, 1.807) is 13.8 Å². The van der Waals surface area contributed by atoms with Crippen molar-refractivity contribution < 1.29 is 27.8 Å². The Labute approximate surface area is 94.8 Å². The zero-order chi connectivity index (χ0) is 13.2. The smallest absolute Gasteiger partial charge is 0.422 e. The SMILES string of the molecule is CC(C)n1nc(OCC(F)(F)F)cc1C(=O)O. The molecule has 0 atom stereocenters. The Kier molecular flexibility index (Phi) is 3.64. The average Bonchev–Trinajstić information content (AvgIpc) is 2.57. The summed E-state index contributed by atoms with van der Waals surface area (Å²) in [6.45, 7) is 1.82. The van der Waals surface area contributed by atoms with Crippen LogP contribution in [0, 0.1) is 0 Å². The normalized spacial score (nSPS) is 11.9. The standard InChI is InChI=1S/C9H11F3N2O3/c1-5(2)14-6(8(15)16)3-7(13-14)17-4-9(10,11)12/h3,5H,4H2,1-2H3,(H,15,16). The van der Waals surface area contributed by atoms with Crippen molar-refractivity contribution in [2.24, 2.45) is 0 Å². The van der Waals surface area contributed by atoms with E-state index in [1.807, 2.05) is 0 Å². The van der Waals surface area contributed by atoms with Crippen molar-refractivity contribution in [3.8, 4) is 5.88 Å². The first-order valence-corrected chi connectivity index (χ1v) is 4.73. The Morgan fingerprint density at radius 1 is 1.59 bits per heavy atom. The van der Waals surface area contributed by atoms with Crippen molar-refractivity contribution in [1.29, 1.82) is 0 Å². The number of aromatic carboxylic acids is 1. The van der Waals surface area contributed by atoms with E-state index in [0.29, 0.717) is 0 Å². The quantitative estimate of drug-likeness (QED) is 0.891. The van der Waals surface area contributed by atoms with Gasteiger partial charge in [0, 0.05) is 12.1 Å². The zero-order valence-corrected chi connectivity index (χ0v) is 9.15. The fourth-order valence-corrected chi connectivity index (χ4v) is 1.15. The minimum atomic E-state index is -4.48. The summed E-state index contributed by atoms with van der Waals surface area (Å²) in [5.41, 5.74) is -0.211. The van der Waals surface area contributed by atoms with Gasteiger partial charge in [-0.2, -0.15) is 13.2 Å². The third kappa shape index (κ3) is 3.65. The Hall–Kier alpha value is -1.73. The fraction of sp³-hybridized carbons (Fsp3) is 0.556. The van der Waals surface area contributed by atoms with Crippen LogP contribution in [0.15, 0.2) is 6.07 Å². The molecule has 1 aromatic heterocycles. The van der Waals surface area contributed by atoms with Gasteiger partial charge in [0.15, 0.2) is 12.3 Å². The second-order valence-corrected chi connectivity index (χ2v) is 3.62. The van der Waals surface area contributed by atoms with Crippen LogP contribution in [0.2, 0.25) is 0 Å². The van der Waals surface area contributed by atoms with Crippen LogP contribution >= 0.6 is 0 Å². The maximum absolute atomic E-state index is 11.9. The summed E-state index contributed by atoms with van der Waals surface area (Å²) in [6.07, 6.45) is -4.48. The Balaban J connectivity index is 2.89. The van der Waals surface area contributed by atoms with Crippen molar-refractivity contribution in [2.45, 2.75) is 26.1 Å². The Bertz CT molecular complexity index is 412. The molecule has 0 fully saturated rings. The highest BCUT2D eigenvalue weighted by molar-refractivity contribution is 5.86. The Morgan fingerprint density at radius 2 is 2.18 bits per heavy atom. The third-order valence-electron chi connectivity index (χ3n) is 1.81. The van der Waals surface area contributed by atoms with Gasteiger partial charge in [-0.1, -0.05) is 0 Å². The molecule has 1 rings (SSSR count).